The molecule has 0 aliphatic heterocycles. The van der Waals surface area contributed by atoms with Gasteiger partial charge in [0.15, 0.2) is 0 Å². The van der Waals surface area contributed by atoms with E-state index in [4.69, 9.17) is 15.6 Å². The Kier molecular flexibility index (Phi) is 2.78. The van der Waals surface area contributed by atoms with E-state index in [2.05, 4.69) is 5.10 Å². The molecule has 0 unspecified atom stereocenters. The van der Waals surface area contributed by atoms with E-state index in [9.17, 15) is 0 Å². The van der Waals surface area contributed by atoms with Crippen LogP contribution >= 0.6 is 0 Å². The van der Waals surface area contributed by atoms with Crippen molar-refractivity contribution in [2.24, 2.45) is 0 Å². The number of para-hydroxylation sites is 2. The molecule has 0 saturated heterocycles. The van der Waals surface area contributed by atoms with E-state index in [1.807, 2.05) is 24.3 Å². The largest absolute Gasteiger partial charge is 0.494 e. The minimum Gasteiger partial charge on any atom is -0.494 e. The number of nitrogens with zero attached hydrogens (tertiary/aromatic N) is 2. The lowest BCUT2D eigenvalue weighted by molar-refractivity contribution is 0.282. The van der Waals surface area contributed by atoms with E-state index < -0.39 is 0 Å². The van der Waals surface area contributed by atoms with Crippen LogP contribution in [-0.2, 0) is 6.61 Å². The van der Waals surface area contributed by atoms with Gasteiger partial charge in [-0.25, -0.2) is 4.68 Å². The average molecular weight is 219 g/mol. The summed E-state index contributed by atoms with van der Waals surface area (Å²) in [5.41, 5.74) is 7.21. The van der Waals surface area contributed by atoms with Crippen LogP contribution in [0.1, 0.15) is 5.56 Å². The maximum absolute atomic E-state index is 9.04. The SMILES string of the molecule is COc1ccccc1-n1ncc(CO)c1N. The van der Waals surface area contributed by atoms with E-state index in [-0.39, 0.29) is 6.61 Å². The third kappa shape index (κ3) is 1.61. The molecule has 0 saturated carbocycles. The lowest BCUT2D eigenvalue weighted by atomic mass is 10.3. The number of ether oxygens (including phenoxy) is 1. The van der Waals surface area contributed by atoms with Crippen LogP contribution < -0.4 is 10.5 Å². The smallest absolute Gasteiger partial charge is 0.144 e. The number of aromatic nitrogens is 2. The topological polar surface area (TPSA) is 73.3 Å². The Labute approximate surface area is 93.1 Å². The van der Waals surface area contributed by atoms with Gasteiger partial charge >= 0.3 is 0 Å². The van der Waals surface area contributed by atoms with Gasteiger partial charge in [0.2, 0.25) is 0 Å². The highest BCUT2D eigenvalue weighted by atomic mass is 16.5. The lowest BCUT2D eigenvalue weighted by Gasteiger charge is -2.09. The second-order valence-corrected chi connectivity index (χ2v) is 3.30. The number of methoxy groups -OCH3 is 1. The highest BCUT2D eigenvalue weighted by Crippen LogP contribution is 2.25. The Morgan fingerprint density at radius 3 is 2.81 bits per heavy atom. The first-order chi connectivity index (χ1) is 7.77. The molecule has 0 bridgehead atoms. The molecule has 0 aliphatic carbocycles. The van der Waals surface area contributed by atoms with Crippen LogP contribution in [0.3, 0.4) is 0 Å². The molecule has 0 aliphatic rings. The van der Waals surface area contributed by atoms with Crippen molar-refractivity contribution in [2.75, 3.05) is 12.8 Å². The van der Waals surface area contributed by atoms with Crippen LogP contribution in [0.2, 0.25) is 0 Å². The summed E-state index contributed by atoms with van der Waals surface area (Å²) in [6, 6.07) is 7.42. The van der Waals surface area contributed by atoms with E-state index >= 15 is 0 Å². The Morgan fingerprint density at radius 1 is 1.44 bits per heavy atom. The molecule has 5 nitrogen and oxygen atoms in total. The summed E-state index contributed by atoms with van der Waals surface area (Å²) in [6.07, 6.45) is 1.54. The zero-order chi connectivity index (χ0) is 11.5. The third-order valence-electron chi connectivity index (χ3n) is 2.37. The van der Waals surface area contributed by atoms with Gasteiger partial charge in [-0.1, -0.05) is 12.1 Å². The number of nitrogen functional groups attached to an aromatic ring is 1. The molecule has 0 radical (unpaired) electrons. The molecular formula is C11H13N3O2. The van der Waals surface area contributed by atoms with Gasteiger partial charge in [-0.05, 0) is 12.1 Å². The highest BCUT2D eigenvalue weighted by molar-refractivity contribution is 5.53. The maximum Gasteiger partial charge on any atom is 0.144 e. The number of hydrogen-bond donors (Lipinski definition) is 2. The summed E-state index contributed by atoms with van der Waals surface area (Å²) in [5.74, 6) is 1.11. The van der Waals surface area contributed by atoms with Crippen molar-refractivity contribution < 1.29 is 9.84 Å². The molecule has 3 N–H and O–H groups in total. The Balaban J connectivity index is 2.54. The van der Waals surface area contributed by atoms with Gasteiger partial charge in [-0.2, -0.15) is 5.10 Å². The quantitative estimate of drug-likeness (QED) is 0.806. The van der Waals surface area contributed by atoms with Gasteiger partial charge in [0.05, 0.1) is 19.9 Å². The minimum absolute atomic E-state index is 0.124. The number of rotatable bonds is 3. The first-order valence-corrected chi connectivity index (χ1v) is 4.84. The molecule has 0 amide bonds. The molecule has 16 heavy (non-hydrogen) atoms. The molecule has 5 heteroatoms. The van der Waals surface area contributed by atoms with Crippen LogP contribution in [0.25, 0.3) is 5.69 Å². The van der Waals surface area contributed by atoms with Crippen molar-refractivity contribution in [2.45, 2.75) is 6.61 Å². The summed E-state index contributed by atoms with van der Waals surface area (Å²) in [5, 5.41) is 13.2. The van der Waals surface area contributed by atoms with Crippen molar-refractivity contribution in [1.29, 1.82) is 0 Å². The van der Waals surface area contributed by atoms with E-state index in [1.54, 1.807) is 18.0 Å². The highest BCUT2D eigenvalue weighted by Gasteiger charge is 2.11. The second-order valence-electron chi connectivity index (χ2n) is 3.30. The van der Waals surface area contributed by atoms with Crippen molar-refractivity contribution >= 4 is 5.82 Å². The molecule has 1 aromatic heterocycles. The molecule has 1 aromatic carbocycles. The summed E-state index contributed by atoms with van der Waals surface area (Å²) in [6.45, 7) is -0.124. The van der Waals surface area contributed by atoms with Crippen molar-refractivity contribution in [1.82, 2.24) is 9.78 Å². The number of aliphatic hydroxyl groups is 1. The molecule has 2 aromatic rings. The zero-order valence-corrected chi connectivity index (χ0v) is 8.92. The summed E-state index contributed by atoms with van der Waals surface area (Å²) < 4.78 is 6.76. The predicted octanol–water partition coefficient (Wildman–Crippen LogP) is 0.955. The standard InChI is InChI=1S/C11H13N3O2/c1-16-10-5-3-2-4-9(10)14-11(12)8(7-15)6-13-14/h2-6,15H,7,12H2,1H3. The lowest BCUT2D eigenvalue weighted by Crippen LogP contribution is -2.04. The Bertz CT molecular complexity index is 494. The summed E-state index contributed by atoms with van der Waals surface area (Å²) in [7, 11) is 1.59. The molecule has 0 spiro atoms. The first kappa shape index (κ1) is 10.5. The molecule has 1 heterocycles. The van der Waals surface area contributed by atoms with Crippen LogP contribution in [0.15, 0.2) is 30.5 Å². The zero-order valence-electron chi connectivity index (χ0n) is 8.92. The van der Waals surface area contributed by atoms with Gasteiger partial charge in [-0.3, -0.25) is 0 Å². The fraction of sp³-hybridized carbons (Fsp3) is 0.182. The average Bonchev–Trinajstić information content (AvgIpc) is 2.70. The van der Waals surface area contributed by atoms with Gasteiger partial charge < -0.3 is 15.6 Å². The fourth-order valence-electron chi connectivity index (χ4n) is 1.51. The predicted molar refractivity (Wildman–Crippen MR) is 60.5 cm³/mol. The fourth-order valence-corrected chi connectivity index (χ4v) is 1.51. The van der Waals surface area contributed by atoms with Gasteiger partial charge in [0, 0.05) is 5.56 Å². The Hall–Kier alpha value is -2.01. The van der Waals surface area contributed by atoms with E-state index in [0.717, 1.165) is 5.69 Å². The van der Waals surface area contributed by atoms with Gasteiger partial charge in [0.25, 0.3) is 0 Å². The van der Waals surface area contributed by atoms with Crippen LogP contribution in [0, 0.1) is 0 Å². The summed E-state index contributed by atoms with van der Waals surface area (Å²) >= 11 is 0. The normalized spacial score (nSPS) is 10.4. The van der Waals surface area contributed by atoms with E-state index in [1.165, 1.54) is 0 Å². The monoisotopic (exact) mass is 219 g/mol. The first-order valence-electron chi connectivity index (χ1n) is 4.84. The maximum atomic E-state index is 9.04. The molecule has 0 fully saturated rings. The number of anilines is 1. The van der Waals surface area contributed by atoms with E-state index in [0.29, 0.717) is 17.1 Å². The van der Waals surface area contributed by atoms with Crippen LogP contribution in [-0.4, -0.2) is 22.0 Å². The Morgan fingerprint density at radius 2 is 2.19 bits per heavy atom. The van der Waals surface area contributed by atoms with Crippen molar-refractivity contribution in [3.8, 4) is 11.4 Å². The number of hydrogen-bond acceptors (Lipinski definition) is 4. The van der Waals surface area contributed by atoms with Gasteiger partial charge in [-0.15, -0.1) is 0 Å². The van der Waals surface area contributed by atoms with Crippen molar-refractivity contribution in [3.05, 3.63) is 36.0 Å². The molecular weight excluding hydrogens is 206 g/mol. The molecule has 0 atom stereocenters. The minimum atomic E-state index is -0.124. The molecule has 84 valence electrons. The van der Waals surface area contributed by atoms with Crippen LogP contribution in [0.4, 0.5) is 5.82 Å². The molecule has 2 rings (SSSR count). The number of aliphatic hydroxyl groups excluding tert-OH is 1. The van der Waals surface area contributed by atoms with Gasteiger partial charge in [0.1, 0.15) is 17.3 Å². The summed E-state index contributed by atoms with van der Waals surface area (Å²) in [4.78, 5) is 0. The number of benzene rings is 1. The van der Waals surface area contributed by atoms with Crippen molar-refractivity contribution in [3.63, 3.8) is 0 Å². The second kappa shape index (κ2) is 4.24. The van der Waals surface area contributed by atoms with Crippen LogP contribution in [0.5, 0.6) is 5.75 Å². The third-order valence-corrected chi connectivity index (χ3v) is 2.37. The number of nitrogens with two attached hydrogens (primary N) is 1.